The third kappa shape index (κ3) is 2.67. The second-order valence-electron chi connectivity index (χ2n) is 3.12. The molecular weight excluding hydrogens is 207 g/mol. The van der Waals surface area contributed by atoms with Crippen molar-refractivity contribution in [3.05, 3.63) is 28.8 Å². The number of aromatic nitrogens is 1. The van der Waals surface area contributed by atoms with E-state index in [4.69, 9.17) is 11.6 Å². The van der Waals surface area contributed by atoms with Crippen LogP contribution in [0.1, 0.15) is 24.2 Å². The van der Waals surface area contributed by atoms with Crippen LogP contribution in [-0.2, 0) is 0 Å². The Hall–Kier alpha value is -1.16. The average Bonchev–Trinajstić information content (AvgIpc) is 2.08. The predicted octanol–water partition coefficient (Wildman–Crippen LogP) is 2.01. The van der Waals surface area contributed by atoms with Crippen LogP contribution in [0.5, 0.6) is 0 Å². The largest absolute Gasteiger partial charge is 0.350 e. The third-order valence-electron chi connectivity index (χ3n) is 1.48. The summed E-state index contributed by atoms with van der Waals surface area (Å²) < 4.78 is 12.9. The molecule has 0 aliphatic heterocycles. The van der Waals surface area contributed by atoms with Crippen LogP contribution in [0.25, 0.3) is 0 Å². The first-order valence-corrected chi connectivity index (χ1v) is 4.50. The molecule has 1 aromatic heterocycles. The Kier molecular flexibility index (Phi) is 3.41. The van der Waals surface area contributed by atoms with Crippen molar-refractivity contribution in [2.24, 2.45) is 0 Å². The predicted molar refractivity (Wildman–Crippen MR) is 51.8 cm³/mol. The SMILES string of the molecule is CC(C)NC(=O)c1cnc(Cl)c(F)c1. The molecule has 1 rings (SSSR count). The van der Waals surface area contributed by atoms with Crippen molar-refractivity contribution in [1.29, 1.82) is 0 Å². The zero-order chi connectivity index (χ0) is 10.7. The van der Waals surface area contributed by atoms with E-state index in [0.29, 0.717) is 0 Å². The number of hydrogen-bond donors (Lipinski definition) is 1. The fourth-order valence-corrected chi connectivity index (χ4v) is 0.994. The molecule has 0 spiro atoms. The van der Waals surface area contributed by atoms with Gasteiger partial charge in [0.15, 0.2) is 11.0 Å². The molecule has 0 unspecified atom stereocenters. The van der Waals surface area contributed by atoms with Crippen LogP contribution in [0.15, 0.2) is 12.3 Å². The summed E-state index contributed by atoms with van der Waals surface area (Å²) in [5, 5.41) is 2.39. The Labute approximate surface area is 86.3 Å². The molecule has 76 valence electrons. The van der Waals surface area contributed by atoms with Crippen LogP contribution in [0.3, 0.4) is 0 Å². The van der Waals surface area contributed by atoms with E-state index in [1.165, 1.54) is 6.20 Å². The molecule has 0 bridgehead atoms. The topological polar surface area (TPSA) is 42.0 Å². The second-order valence-corrected chi connectivity index (χ2v) is 3.48. The summed E-state index contributed by atoms with van der Waals surface area (Å²) in [5.74, 6) is -1.05. The van der Waals surface area contributed by atoms with Crippen molar-refractivity contribution in [2.45, 2.75) is 19.9 Å². The molecule has 0 aliphatic rings. The standard InChI is InChI=1S/C9H10ClFN2O/c1-5(2)13-9(14)6-3-7(11)8(10)12-4-6/h3-5H,1-2H3,(H,13,14). The van der Waals surface area contributed by atoms with E-state index in [1.54, 1.807) is 0 Å². The van der Waals surface area contributed by atoms with Crippen molar-refractivity contribution in [1.82, 2.24) is 10.3 Å². The highest BCUT2D eigenvalue weighted by molar-refractivity contribution is 6.29. The first-order chi connectivity index (χ1) is 6.50. The molecule has 0 aromatic carbocycles. The van der Waals surface area contributed by atoms with E-state index in [9.17, 15) is 9.18 Å². The van der Waals surface area contributed by atoms with E-state index in [2.05, 4.69) is 10.3 Å². The van der Waals surface area contributed by atoms with Gasteiger partial charge in [0.1, 0.15) is 0 Å². The minimum atomic E-state index is -0.692. The number of carbonyl (C=O) groups excluding carboxylic acids is 1. The summed E-state index contributed by atoms with van der Waals surface area (Å²) in [6, 6.07) is 1.06. The lowest BCUT2D eigenvalue weighted by Crippen LogP contribution is -2.30. The smallest absolute Gasteiger partial charge is 0.253 e. The van der Waals surface area contributed by atoms with Crippen molar-refractivity contribution >= 4 is 17.5 Å². The zero-order valence-corrected chi connectivity index (χ0v) is 8.60. The van der Waals surface area contributed by atoms with Crippen LogP contribution in [-0.4, -0.2) is 16.9 Å². The summed E-state index contributed by atoms with van der Waals surface area (Å²) in [6.45, 7) is 3.63. The molecule has 0 aliphatic carbocycles. The number of halogens is 2. The fourth-order valence-electron chi connectivity index (χ4n) is 0.891. The average molecular weight is 217 g/mol. The summed E-state index contributed by atoms with van der Waals surface area (Å²) in [7, 11) is 0. The van der Waals surface area contributed by atoms with E-state index in [0.717, 1.165) is 6.07 Å². The van der Waals surface area contributed by atoms with Gasteiger partial charge >= 0.3 is 0 Å². The number of carbonyl (C=O) groups is 1. The number of rotatable bonds is 2. The molecule has 1 heterocycles. The molecule has 0 atom stereocenters. The molecule has 1 amide bonds. The van der Waals surface area contributed by atoms with Gasteiger partial charge in [-0.3, -0.25) is 4.79 Å². The van der Waals surface area contributed by atoms with Gasteiger partial charge < -0.3 is 5.32 Å². The van der Waals surface area contributed by atoms with Crippen molar-refractivity contribution in [2.75, 3.05) is 0 Å². The van der Waals surface area contributed by atoms with Crippen LogP contribution in [0, 0.1) is 5.82 Å². The van der Waals surface area contributed by atoms with Crippen molar-refractivity contribution in [3.8, 4) is 0 Å². The Morgan fingerprint density at radius 2 is 2.29 bits per heavy atom. The van der Waals surface area contributed by atoms with Gasteiger partial charge in [-0.05, 0) is 19.9 Å². The number of pyridine rings is 1. The van der Waals surface area contributed by atoms with Crippen molar-refractivity contribution < 1.29 is 9.18 Å². The molecule has 3 nitrogen and oxygen atoms in total. The molecular formula is C9H10ClFN2O. The molecule has 1 aromatic rings. The van der Waals surface area contributed by atoms with Gasteiger partial charge in [-0.2, -0.15) is 0 Å². The van der Waals surface area contributed by atoms with Crippen LogP contribution >= 0.6 is 11.6 Å². The lowest BCUT2D eigenvalue weighted by atomic mass is 10.2. The van der Waals surface area contributed by atoms with Crippen molar-refractivity contribution in [3.63, 3.8) is 0 Å². The molecule has 0 fully saturated rings. The summed E-state index contributed by atoms with van der Waals surface area (Å²) >= 11 is 5.37. The third-order valence-corrected chi connectivity index (χ3v) is 1.76. The molecule has 0 saturated carbocycles. The van der Waals surface area contributed by atoms with Crippen LogP contribution in [0.4, 0.5) is 4.39 Å². The second kappa shape index (κ2) is 4.37. The van der Waals surface area contributed by atoms with Gasteiger partial charge in [-0.15, -0.1) is 0 Å². The number of hydrogen-bond acceptors (Lipinski definition) is 2. The summed E-state index contributed by atoms with van der Waals surface area (Å²) in [6.07, 6.45) is 1.24. The minimum Gasteiger partial charge on any atom is -0.350 e. The normalized spacial score (nSPS) is 10.4. The zero-order valence-electron chi connectivity index (χ0n) is 7.84. The molecule has 0 saturated heterocycles. The van der Waals surface area contributed by atoms with E-state index < -0.39 is 5.82 Å². The Balaban J connectivity index is 2.86. The first kappa shape index (κ1) is 10.9. The highest BCUT2D eigenvalue weighted by atomic mass is 35.5. The van der Waals surface area contributed by atoms with Gasteiger partial charge in [0, 0.05) is 12.2 Å². The number of nitrogens with one attached hydrogen (secondary N) is 1. The van der Waals surface area contributed by atoms with E-state index >= 15 is 0 Å². The Bertz CT molecular complexity index is 355. The first-order valence-electron chi connectivity index (χ1n) is 4.12. The maximum Gasteiger partial charge on any atom is 0.253 e. The Morgan fingerprint density at radius 1 is 1.64 bits per heavy atom. The number of nitrogens with zero attached hydrogens (tertiary/aromatic N) is 1. The van der Waals surface area contributed by atoms with Gasteiger partial charge in [0.2, 0.25) is 0 Å². The highest BCUT2D eigenvalue weighted by Gasteiger charge is 2.10. The maximum absolute atomic E-state index is 12.9. The Morgan fingerprint density at radius 3 is 2.79 bits per heavy atom. The fraction of sp³-hybridized carbons (Fsp3) is 0.333. The molecule has 0 radical (unpaired) electrons. The maximum atomic E-state index is 12.9. The van der Waals surface area contributed by atoms with E-state index in [1.807, 2.05) is 13.8 Å². The molecule has 14 heavy (non-hydrogen) atoms. The quantitative estimate of drug-likeness (QED) is 0.769. The lowest BCUT2D eigenvalue weighted by Gasteiger charge is -2.07. The van der Waals surface area contributed by atoms with Gasteiger partial charge in [-0.1, -0.05) is 11.6 Å². The number of amides is 1. The summed E-state index contributed by atoms with van der Waals surface area (Å²) in [5.41, 5.74) is 0.167. The lowest BCUT2D eigenvalue weighted by molar-refractivity contribution is 0.0942. The minimum absolute atomic E-state index is 0.00115. The van der Waals surface area contributed by atoms with E-state index in [-0.39, 0.29) is 22.7 Å². The van der Waals surface area contributed by atoms with Gasteiger partial charge in [-0.25, -0.2) is 9.37 Å². The monoisotopic (exact) mass is 216 g/mol. The van der Waals surface area contributed by atoms with Gasteiger partial charge in [0.05, 0.1) is 5.56 Å². The summed E-state index contributed by atoms with van der Waals surface area (Å²) in [4.78, 5) is 14.9. The van der Waals surface area contributed by atoms with Gasteiger partial charge in [0.25, 0.3) is 5.91 Å². The molecule has 5 heteroatoms. The van der Waals surface area contributed by atoms with Crippen LogP contribution < -0.4 is 5.32 Å². The highest BCUT2D eigenvalue weighted by Crippen LogP contribution is 2.11. The molecule has 1 N–H and O–H groups in total. The van der Waals surface area contributed by atoms with Crippen LogP contribution in [0.2, 0.25) is 5.15 Å².